The normalized spacial score (nSPS) is 19.9. The average molecular weight is 271 g/mol. The lowest BCUT2D eigenvalue weighted by atomic mass is 10.0. The number of hydrogen-bond acceptors (Lipinski definition) is 3. The van der Waals surface area contributed by atoms with Crippen molar-refractivity contribution in [3.63, 3.8) is 0 Å². The van der Waals surface area contributed by atoms with E-state index < -0.39 is 11.5 Å². The maximum Gasteiger partial charge on any atom is 0.329 e. The first kappa shape index (κ1) is 15.8. The van der Waals surface area contributed by atoms with E-state index in [-0.39, 0.29) is 12.1 Å². The molecule has 1 N–H and O–H groups in total. The number of carboxylic acids is 1. The van der Waals surface area contributed by atoms with E-state index in [9.17, 15) is 14.7 Å². The second kappa shape index (κ2) is 5.77. The van der Waals surface area contributed by atoms with Crippen molar-refractivity contribution in [2.75, 3.05) is 34.2 Å². The van der Waals surface area contributed by atoms with E-state index >= 15 is 0 Å². The number of carbonyl (C=O) groups excluding carboxylic acids is 1. The van der Waals surface area contributed by atoms with Crippen LogP contribution in [0.15, 0.2) is 0 Å². The van der Waals surface area contributed by atoms with Gasteiger partial charge in [0, 0.05) is 26.2 Å². The number of nitrogens with zero attached hydrogens (tertiary/aromatic N) is 3. The van der Waals surface area contributed by atoms with Gasteiger partial charge in [0.25, 0.3) is 0 Å². The van der Waals surface area contributed by atoms with E-state index in [1.54, 1.807) is 25.8 Å². The Morgan fingerprint density at radius 2 is 1.89 bits per heavy atom. The standard InChI is InChI=1S/C13H25N3O3/c1-13(2,11(17)18)15(5)12(19)16-8-6-7-10(16)9-14(3)4/h10H,6-9H2,1-5H3,(H,17,18). The summed E-state index contributed by atoms with van der Waals surface area (Å²) in [6.45, 7) is 4.61. The molecule has 1 unspecified atom stereocenters. The van der Waals surface area contributed by atoms with Crippen LogP contribution in [0.25, 0.3) is 0 Å². The van der Waals surface area contributed by atoms with E-state index in [0.717, 1.165) is 19.4 Å². The van der Waals surface area contributed by atoms with E-state index in [4.69, 9.17) is 0 Å². The number of likely N-dealkylation sites (N-methyl/N-ethyl adjacent to an activating group) is 2. The topological polar surface area (TPSA) is 64.1 Å². The zero-order valence-electron chi connectivity index (χ0n) is 12.5. The van der Waals surface area contributed by atoms with Crippen LogP contribution in [0.2, 0.25) is 0 Å². The molecule has 2 amide bonds. The van der Waals surface area contributed by atoms with Gasteiger partial charge in [-0.2, -0.15) is 0 Å². The molecule has 1 aliphatic heterocycles. The summed E-state index contributed by atoms with van der Waals surface area (Å²) in [4.78, 5) is 28.9. The van der Waals surface area contributed by atoms with E-state index in [0.29, 0.717) is 6.54 Å². The fourth-order valence-corrected chi connectivity index (χ4v) is 2.27. The third-order valence-corrected chi connectivity index (χ3v) is 3.85. The third-order valence-electron chi connectivity index (χ3n) is 3.85. The largest absolute Gasteiger partial charge is 0.480 e. The first-order chi connectivity index (χ1) is 8.67. The minimum absolute atomic E-state index is 0.176. The molecule has 19 heavy (non-hydrogen) atoms. The molecule has 1 rings (SSSR count). The molecule has 6 heteroatoms. The van der Waals surface area contributed by atoms with Gasteiger partial charge in [0.15, 0.2) is 0 Å². The molecule has 6 nitrogen and oxygen atoms in total. The number of aliphatic carboxylic acids is 1. The third kappa shape index (κ3) is 3.37. The van der Waals surface area contributed by atoms with Crippen LogP contribution in [0.5, 0.6) is 0 Å². The summed E-state index contributed by atoms with van der Waals surface area (Å²) >= 11 is 0. The Morgan fingerprint density at radius 1 is 1.32 bits per heavy atom. The summed E-state index contributed by atoms with van der Waals surface area (Å²) < 4.78 is 0. The highest BCUT2D eigenvalue weighted by Gasteiger charge is 2.40. The molecule has 0 aromatic rings. The number of hydrogen-bond donors (Lipinski definition) is 1. The van der Waals surface area contributed by atoms with Crippen LogP contribution in [0.4, 0.5) is 4.79 Å². The molecule has 0 spiro atoms. The Bertz CT molecular complexity index is 355. The van der Waals surface area contributed by atoms with Crippen molar-refractivity contribution in [3.8, 4) is 0 Å². The zero-order valence-corrected chi connectivity index (χ0v) is 12.5. The zero-order chi connectivity index (χ0) is 14.8. The smallest absolute Gasteiger partial charge is 0.329 e. The molecule has 0 aromatic heterocycles. The molecule has 110 valence electrons. The molecule has 0 aliphatic carbocycles. The molecule has 0 saturated carbocycles. The van der Waals surface area contributed by atoms with Gasteiger partial charge < -0.3 is 19.8 Å². The quantitative estimate of drug-likeness (QED) is 0.826. The molecule has 1 atom stereocenters. The lowest BCUT2D eigenvalue weighted by Crippen LogP contribution is -2.56. The average Bonchev–Trinajstić information content (AvgIpc) is 2.73. The fraction of sp³-hybridized carbons (Fsp3) is 0.846. The van der Waals surface area contributed by atoms with Crippen molar-refractivity contribution in [3.05, 3.63) is 0 Å². The van der Waals surface area contributed by atoms with Crippen LogP contribution in [0, 0.1) is 0 Å². The number of carboxylic acid groups (broad SMARTS) is 1. The molecule has 0 aromatic carbocycles. The Kier molecular flexibility index (Phi) is 4.79. The molecule has 1 saturated heterocycles. The van der Waals surface area contributed by atoms with Gasteiger partial charge in [-0.1, -0.05) is 0 Å². The van der Waals surface area contributed by atoms with Gasteiger partial charge in [0.2, 0.25) is 0 Å². The van der Waals surface area contributed by atoms with Gasteiger partial charge in [-0.15, -0.1) is 0 Å². The van der Waals surface area contributed by atoms with Crippen molar-refractivity contribution in [2.45, 2.75) is 38.3 Å². The van der Waals surface area contributed by atoms with Crippen molar-refractivity contribution < 1.29 is 14.7 Å². The SMILES string of the molecule is CN(C)CC1CCCN1C(=O)N(C)C(C)(C)C(=O)O. The summed E-state index contributed by atoms with van der Waals surface area (Å²) in [6.07, 6.45) is 1.96. The summed E-state index contributed by atoms with van der Waals surface area (Å²) in [5.41, 5.74) is -1.19. The Hall–Kier alpha value is -1.30. The lowest BCUT2D eigenvalue weighted by Gasteiger charge is -2.37. The summed E-state index contributed by atoms with van der Waals surface area (Å²) in [6, 6.07) is -0.0219. The van der Waals surface area contributed by atoms with Gasteiger partial charge >= 0.3 is 12.0 Å². The summed E-state index contributed by atoms with van der Waals surface area (Å²) in [5, 5.41) is 9.19. The van der Waals surface area contributed by atoms with Crippen molar-refractivity contribution in [1.29, 1.82) is 0 Å². The van der Waals surface area contributed by atoms with Gasteiger partial charge in [-0.25, -0.2) is 9.59 Å². The van der Waals surface area contributed by atoms with Gasteiger partial charge in [0.05, 0.1) is 0 Å². The Balaban J connectivity index is 2.79. The van der Waals surface area contributed by atoms with Crippen LogP contribution >= 0.6 is 0 Å². The molecule has 1 heterocycles. The molecule has 1 fully saturated rings. The Labute approximate surface area is 115 Å². The number of amides is 2. The molecular weight excluding hydrogens is 246 g/mol. The second-order valence-electron chi connectivity index (χ2n) is 5.96. The molecule has 0 bridgehead atoms. The monoisotopic (exact) mass is 271 g/mol. The van der Waals surface area contributed by atoms with Crippen LogP contribution in [-0.4, -0.2) is 77.6 Å². The van der Waals surface area contributed by atoms with Gasteiger partial charge in [0.1, 0.15) is 5.54 Å². The van der Waals surface area contributed by atoms with Crippen LogP contribution in [0.3, 0.4) is 0 Å². The number of urea groups is 1. The first-order valence-electron chi connectivity index (χ1n) is 6.60. The molecular formula is C13H25N3O3. The Morgan fingerprint density at radius 3 is 2.37 bits per heavy atom. The highest BCUT2D eigenvalue weighted by Crippen LogP contribution is 2.22. The number of carbonyl (C=O) groups is 2. The van der Waals surface area contributed by atoms with Crippen LogP contribution in [-0.2, 0) is 4.79 Å². The highest BCUT2D eigenvalue weighted by atomic mass is 16.4. The predicted molar refractivity (Wildman–Crippen MR) is 73.2 cm³/mol. The van der Waals surface area contributed by atoms with Gasteiger partial charge in [-0.3, -0.25) is 0 Å². The van der Waals surface area contributed by atoms with E-state index in [1.165, 1.54) is 4.90 Å². The first-order valence-corrected chi connectivity index (χ1v) is 6.60. The van der Waals surface area contributed by atoms with Gasteiger partial charge in [-0.05, 0) is 40.8 Å². The number of rotatable bonds is 4. The molecule has 0 radical (unpaired) electrons. The molecule has 1 aliphatic rings. The van der Waals surface area contributed by atoms with Crippen LogP contribution < -0.4 is 0 Å². The minimum atomic E-state index is -1.19. The lowest BCUT2D eigenvalue weighted by molar-refractivity contribution is -0.147. The summed E-state index contributed by atoms with van der Waals surface area (Å²) in [5.74, 6) is -0.994. The van der Waals surface area contributed by atoms with E-state index in [2.05, 4.69) is 4.90 Å². The van der Waals surface area contributed by atoms with E-state index in [1.807, 2.05) is 14.1 Å². The van der Waals surface area contributed by atoms with Crippen LogP contribution in [0.1, 0.15) is 26.7 Å². The highest BCUT2D eigenvalue weighted by molar-refractivity contribution is 5.85. The maximum absolute atomic E-state index is 12.5. The van der Waals surface area contributed by atoms with Crippen molar-refractivity contribution >= 4 is 12.0 Å². The van der Waals surface area contributed by atoms with Crippen molar-refractivity contribution in [1.82, 2.24) is 14.7 Å². The number of likely N-dealkylation sites (tertiary alicyclic amines) is 1. The summed E-state index contributed by atoms with van der Waals surface area (Å²) in [7, 11) is 5.51. The minimum Gasteiger partial charge on any atom is -0.480 e. The predicted octanol–water partition coefficient (Wildman–Crippen LogP) is 0.927. The second-order valence-corrected chi connectivity index (χ2v) is 5.96. The fourth-order valence-electron chi connectivity index (χ4n) is 2.27. The maximum atomic E-state index is 12.5. The van der Waals surface area contributed by atoms with Crippen molar-refractivity contribution in [2.24, 2.45) is 0 Å².